The number of hydrogen-bond acceptors (Lipinski definition) is 2. The van der Waals surface area contributed by atoms with Crippen molar-refractivity contribution in [2.75, 3.05) is 0 Å². The Labute approximate surface area is 129 Å². The van der Waals surface area contributed by atoms with Crippen LogP contribution in [0.3, 0.4) is 0 Å². The van der Waals surface area contributed by atoms with E-state index in [1.54, 1.807) is 0 Å². The van der Waals surface area contributed by atoms with Gasteiger partial charge in [-0.15, -0.1) is 0 Å². The molecule has 0 fully saturated rings. The first-order valence-electron chi connectivity index (χ1n) is 6.94. The summed E-state index contributed by atoms with van der Waals surface area (Å²) in [7, 11) is 0. The standard InChI is InChI=1S/C18H17ClN2/c1-11-4-3-5-15(17(11)19)18(20)14-8-9-16-13(10-14)7-6-12(2)21-16/h3-10,18H,20H2,1-2H3. The van der Waals surface area contributed by atoms with Crippen LogP contribution in [0.5, 0.6) is 0 Å². The molecule has 0 amide bonds. The maximum atomic E-state index is 6.40. The van der Waals surface area contributed by atoms with Gasteiger partial charge in [-0.2, -0.15) is 0 Å². The molecule has 0 spiro atoms. The van der Waals surface area contributed by atoms with Crippen molar-refractivity contribution >= 4 is 22.5 Å². The lowest BCUT2D eigenvalue weighted by molar-refractivity contribution is 0.872. The number of rotatable bonds is 2. The molecule has 0 aliphatic rings. The second kappa shape index (κ2) is 5.47. The third kappa shape index (κ3) is 2.65. The lowest BCUT2D eigenvalue weighted by Crippen LogP contribution is -2.12. The predicted octanol–water partition coefficient (Wildman–Crippen LogP) is 4.55. The molecule has 1 unspecified atom stereocenters. The fourth-order valence-electron chi connectivity index (χ4n) is 2.53. The van der Waals surface area contributed by atoms with Crippen molar-refractivity contribution in [3.05, 3.63) is 75.9 Å². The molecule has 21 heavy (non-hydrogen) atoms. The van der Waals surface area contributed by atoms with Crippen LogP contribution in [0.15, 0.2) is 48.5 Å². The van der Waals surface area contributed by atoms with E-state index in [0.717, 1.165) is 38.3 Å². The highest BCUT2D eigenvalue weighted by Crippen LogP contribution is 2.30. The van der Waals surface area contributed by atoms with Gasteiger partial charge < -0.3 is 5.73 Å². The minimum Gasteiger partial charge on any atom is -0.320 e. The van der Waals surface area contributed by atoms with E-state index in [4.69, 9.17) is 17.3 Å². The van der Waals surface area contributed by atoms with Gasteiger partial charge in [-0.05, 0) is 48.7 Å². The van der Waals surface area contributed by atoms with E-state index in [1.807, 2.05) is 50.2 Å². The molecule has 1 aromatic heterocycles. The number of benzene rings is 2. The lowest BCUT2D eigenvalue weighted by atomic mass is 9.97. The zero-order valence-corrected chi connectivity index (χ0v) is 12.9. The van der Waals surface area contributed by atoms with Gasteiger partial charge in [-0.1, -0.05) is 41.9 Å². The van der Waals surface area contributed by atoms with Gasteiger partial charge in [0.05, 0.1) is 11.6 Å². The molecule has 106 valence electrons. The molecule has 0 aliphatic heterocycles. The maximum Gasteiger partial charge on any atom is 0.0705 e. The van der Waals surface area contributed by atoms with Gasteiger partial charge in [0.15, 0.2) is 0 Å². The highest BCUT2D eigenvalue weighted by Gasteiger charge is 2.14. The number of fused-ring (bicyclic) bond motifs is 1. The van der Waals surface area contributed by atoms with Crippen LogP contribution in [-0.4, -0.2) is 4.98 Å². The van der Waals surface area contributed by atoms with Crippen molar-refractivity contribution in [1.82, 2.24) is 4.98 Å². The molecule has 3 rings (SSSR count). The molecule has 0 saturated heterocycles. The molecule has 0 bridgehead atoms. The zero-order chi connectivity index (χ0) is 15.0. The Hall–Kier alpha value is -1.90. The maximum absolute atomic E-state index is 6.40. The van der Waals surface area contributed by atoms with Gasteiger partial charge in [-0.25, -0.2) is 0 Å². The van der Waals surface area contributed by atoms with Crippen LogP contribution < -0.4 is 5.73 Å². The topological polar surface area (TPSA) is 38.9 Å². The van der Waals surface area contributed by atoms with Gasteiger partial charge in [0.1, 0.15) is 0 Å². The predicted molar refractivity (Wildman–Crippen MR) is 88.7 cm³/mol. The van der Waals surface area contributed by atoms with E-state index in [1.165, 1.54) is 0 Å². The molecule has 3 aromatic rings. The van der Waals surface area contributed by atoms with Crippen LogP contribution in [0.25, 0.3) is 10.9 Å². The second-order valence-corrected chi connectivity index (χ2v) is 5.74. The number of aryl methyl sites for hydroxylation is 2. The molecule has 2 nitrogen and oxygen atoms in total. The van der Waals surface area contributed by atoms with E-state index < -0.39 is 0 Å². The second-order valence-electron chi connectivity index (χ2n) is 5.36. The Morgan fingerprint density at radius 1 is 1.05 bits per heavy atom. The van der Waals surface area contributed by atoms with Crippen LogP contribution in [-0.2, 0) is 0 Å². The van der Waals surface area contributed by atoms with Crippen molar-refractivity contribution in [1.29, 1.82) is 0 Å². The summed E-state index contributed by atoms with van der Waals surface area (Å²) in [5.74, 6) is 0. The molecule has 1 heterocycles. The van der Waals surface area contributed by atoms with Crippen LogP contribution >= 0.6 is 11.6 Å². The van der Waals surface area contributed by atoms with Crippen LogP contribution in [0, 0.1) is 13.8 Å². The van der Waals surface area contributed by atoms with Crippen LogP contribution in [0.4, 0.5) is 0 Å². The molecule has 0 aliphatic carbocycles. The summed E-state index contributed by atoms with van der Waals surface area (Å²) in [5.41, 5.74) is 11.4. The number of halogens is 1. The summed E-state index contributed by atoms with van der Waals surface area (Å²) in [6, 6.07) is 15.9. The van der Waals surface area contributed by atoms with E-state index in [-0.39, 0.29) is 6.04 Å². The van der Waals surface area contributed by atoms with Crippen molar-refractivity contribution in [2.45, 2.75) is 19.9 Å². The average molecular weight is 297 g/mol. The van der Waals surface area contributed by atoms with Crippen LogP contribution in [0.2, 0.25) is 5.02 Å². The summed E-state index contributed by atoms with van der Waals surface area (Å²) in [6.07, 6.45) is 0. The van der Waals surface area contributed by atoms with Gasteiger partial charge >= 0.3 is 0 Å². The quantitative estimate of drug-likeness (QED) is 0.753. The third-order valence-corrected chi connectivity index (χ3v) is 4.28. The minimum atomic E-state index is -0.233. The molecular weight excluding hydrogens is 280 g/mol. The highest BCUT2D eigenvalue weighted by atomic mass is 35.5. The third-order valence-electron chi connectivity index (χ3n) is 3.77. The molecule has 3 heteroatoms. The zero-order valence-electron chi connectivity index (χ0n) is 12.1. The highest BCUT2D eigenvalue weighted by molar-refractivity contribution is 6.32. The Kier molecular flexibility index (Phi) is 3.66. The summed E-state index contributed by atoms with van der Waals surface area (Å²) in [5, 5.41) is 1.84. The number of pyridine rings is 1. The summed E-state index contributed by atoms with van der Waals surface area (Å²) >= 11 is 6.38. The number of aromatic nitrogens is 1. The summed E-state index contributed by atoms with van der Waals surface area (Å²) in [4.78, 5) is 4.51. The monoisotopic (exact) mass is 296 g/mol. The van der Waals surface area contributed by atoms with Crippen molar-refractivity contribution in [2.24, 2.45) is 5.73 Å². The lowest BCUT2D eigenvalue weighted by Gasteiger charge is -2.16. The summed E-state index contributed by atoms with van der Waals surface area (Å²) in [6.45, 7) is 3.98. The summed E-state index contributed by atoms with van der Waals surface area (Å²) < 4.78 is 0. The van der Waals surface area contributed by atoms with Crippen molar-refractivity contribution < 1.29 is 0 Å². The Balaban J connectivity index is 2.07. The molecule has 0 saturated carbocycles. The molecule has 2 N–H and O–H groups in total. The minimum absolute atomic E-state index is 0.233. The molecular formula is C18H17ClN2. The smallest absolute Gasteiger partial charge is 0.0705 e. The SMILES string of the molecule is Cc1ccc2cc(C(N)c3cccc(C)c3Cl)ccc2n1. The van der Waals surface area contributed by atoms with Crippen molar-refractivity contribution in [3.63, 3.8) is 0 Å². The van der Waals surface area contributed by atoms with E-state index in [0.29, 0.717) is 0 Å². The molecule has 0 radical (unpaired) electrons. The normalized spacial score (nSPS) is 12.6. The van der Waals surface area contributed by atoms with E-state index >= 15 is 0 Å². The van der Waals surface area contributed by atoms with Gasteiger partial charge in [0, 0.05) is 16.1 Å². The first-order valence-corrected chi connectivity index (χ1v) is 7.32. The number of nitrogens with zero attached hydrogens (tertiary/aromatic N) is 1. The largest absolute Gasteiger partial charge is 0.320 e. The van der Waals surface area contributed by atoms with Gasteiger partial charge in [0.25, 0.3) is 0 Å². The first kappa shape index (κ1) is 14.1. The average Bonchev–Trinajstić information content (AvgIpc) is 2.49. The van der Waals surface area contributed by atoms with Crippen molar-refractivity contribution in [3.8, 4) is 0 Å². The fourth-order valence-corrected chi connectivity index (χ4v) is 2.77. The van der Waals surface area contributed by atoms with Gasteiger partial charge in [0.2, 0.25) is 0 Å². The van der Waals surface area contributed by atoms with E-state index in [9.17, 15) is 0 Å². The first-order chi connectivity index (χ1) is 10.1. The fraction of sp³-hybridized carbons (Fsp3) is 0.167. The van der Waals surface area contributed by atoms with Crippen LogP contribution in [0.1, 0.15) is 28.4 Å². The Morgan fingerprint density at radius 2 is 1.86 bits per heavy atom. The molecule has 2 aromatic carbocycles. The van der Waals surface area contributed by atoms with E-state index in [2.05, 4.69) is 17.1 Å². The number of nitrogens with two attached hydrogens (primary N) is 1. The molecule has 1 atom stereocenters. The Morgan fingerprint density at radius 3 is 2.67 bits per heavy atom. The number of hydrogen-bond donors (Lipinski definition) is 1. The Bertz CT molecular complexity index is 811. The van der Waals surface area contributed by atoms with Gasteiger partial charge in [-0.3, -0.25) is 4.98 Å².